The summed E-state index contributed by atoms with van der Waals surface area (Å²) in [6, 6.07) is 13.0. The summed E-state index contributed by atoms with van der Waals surface area (Å²) >= 11 is 0. The first-order chi connectivity index (χ1) is 13.4. The van der Waals surface area contributed by atoms with Crippen LogP contribution in [0.1, 0.15) is 43.6 Å². The number of fused-ring (bicyclic) bond motifs is 1. The van der Waals surface area contributed by atoms with Crippen molar-refractivity contribution in [3.05, 3.63) is 59.7 Å². The van der Waals surface area contributed by atoms with Crippen LogP contribution in [0, 0.1) is 0 Å². The van der Waals surface area contributed by atoms with Crippen molar-refractivity contribution >= 4 is 27.6 Å². The third-order valence-corrected chi connectivity index (χ3v) is 6.24. The number of nitrogens with one attached hydrogen (secondary N) is 2. The Labute approximate surface area is 170 Å². The van der Waals surface area contributed by atoms with Crippen LogP contribution in [0.4, 0.5) is 5.69 Å². The Hall–Kier alpha value is -2.71. The van der Waals surface area contributed by atoms with Gasteiger partial charge in [-0.3, -0.25) is 4.79 Å². The molecule has 1 atom stereocenters. The van der Waals surface area contributed by atoms with E-state index in [0.717, 1.165) is 0 Å². The second kappa shape index (κ2) is 7.27. The second-order valence-electron chi connectivity index (χ2n) is 8.26. The molecule has 29 heavy (non-hydrogen) atoms. The van der Waals surface area contributed by atoms with Crippen molar-refractivity contribution in [2.75, 3.05) is 5.32 Å². The van der Waals surface area contributed by atoms with Crippen molar-refractivity contribution in [3.63, 3.8) is 0 Å². The zero-order chi connectivity index (χ0) is 21.4. The Bertz CT molecular complexity index is 1070. The molecule has 0 aromatic heterocycles. The van der Waals surface area contributed by atoms with Crippen molar-refractivity contribution < 1.29 is 22.7 Å². The number of benzene rings is 2. The maximum absolute atomic E-state index is 13.0. The van der Waals surface area contributed by atoms with Gasteiger partial charge in [0.05, 0.1) is 11.3 Å². The van der Waals surface area contributed by atoms with E-state index in [1.807, 2.05) is 0 Å². The van der Waals surface area contributed by atoms with E-state index < -0.39 is 33.0 Å². The maximum atomic E-state index is 13.0. The first-order valence-electron chi connectivity index (χ1n) is 9.17. The summed E-state index contributed by atoms with van der Waals surface area (Å²) in [5, 5.41) is 2.63. The van der Waals surface area contributed by atoms with Crippen LogP contribution in [-0.2, 0) is 26.0 Å². The number of amides is 1. The lowest BCUT2D eigenvalue weighted by Crippen LogP contribution is -2.49. The minimum atomic E-state index is -3.88. The molecule has 0 bridgehead atoms. The Morgan fingerprint density at radius 1 is 1.07 bits per heavy atom. The zero-order valence-electron chi connectivity index (χ0n) is 16.8. The van der Waals surface area contributed by atoms with Crippen LogP contribution in [-0.4, -0.2) is 31.4 Å². The van der Waals surface area contributed by atoms with Crippen molar-refractivity contribution in [2.24, 2.45) is 0 Å². The molecule has 0 aliphatic carbocycles. The van der Waals surface area contributed by atoms with E-state index in [1.165, 1.54) is 19.1 Å². The Kier molecular flexibility index (Phi) is 5.27. The first kappa shape index (κ1) is 21.0. The van der Waals surface area contributed by atoms with Gasteiger partial charge in [0.2, 0.25) is 10.0 Å². The van der Waals surface area contributed by atoms with Crippen LogP contribution in [0.3, 0.4) is 0 Å². The van der Waals surface area contributed by atoms with E-state index in [2.05, 4.69) is 10.0 Å². The number of para-hydroxylation sites is 1. The highest BCUT2D eigenvalue weighted by molar-refractivity contribution is 7.89. The van der Waals surface area contributed by atoms with E-state index in [0.29, 0.717) is 11.1 Å². The SMILES string of the molecule is CC(C)(C)NS(=O)(=O)c1ccccc1NC(=O)C1(C)Cc2ccccc2C(=O)O1. The van der Waals surface area contributed by atoms with Gasteiger partial charge in [-0.15, -0.1) is 0 Å². The van der Waals surface area contributed by atoms with E-state index in [-0.39, 0.29) is 17.0 Å². The van der Waals surface area contributed by atoms with Crippen molar-refractivity contribution in [1.82, 2.24) is 4.72 Å². The third kappa shape index (κ3) is 4.49. The lowest BCUT2D eigenvalue weighted by Gasteiger charge is -2.33. The molecule has 1 unspecified atom stereocenters. The summed E-state index contributed by atoms with van der Waals surface area (Å²) in [5.41, 5.74) is -0.901. The Morgan fingerprint density at radius 3 is 2.38 bits per heavy atom. The fourth-order valence-corrected chi connectivity index (χ4v) is 4.76. The van der Waals surface area contributed by atoms with Gasteiger partial charge in [0.15, 0.2) is 5.60 Å². The standard InChI is InChI=1S/C21H24N2O5S/c1-20(2,3)23-29(26,27)17-12-8-7-11-16(17)22-19(25)21(4)13-14-9-5-6-10-15(14)18(24)28-21/h5-12,23H,13H2,1-4H3,(H,22,25). The quantitative estimate of drug-likeness (QED) is 0.747. The highest BCUT2D eigenvalue weighted by Crippen LogP contribution is 2.30. The normalized spacial score (nSPS) is 19.2. The molecule has 1 aliphatic heterocycles. The topological polar surface area (TPSA) is 102 Å². The number of cyclic esters (lactones) is 1. The Balaban J connectivity index is 1.90. The largest absolute Gasteiger partial charge is 0.445 e. The average molecular weight is 416 g/mol. The molecule has 0 radical (unpaired) electrons. The maximum Gasteiger partial charge on any atom is 0.339 e. The molecule has 0 fully saturated rings. The number of sulfonamides is 1. The summed E-state index contributed by atoms with van der Waals surface area (Å²) in [4.78, 5) is 25.3. The number of ether oxygens (including phenoxy) is 1. The van der Waals surface area contributed by atoms with E-state index in [1.54, 1.807) is 57.2 Å². The van der Waals surface area contributed by atoms with Crippen LogP contribution in [0.25, 0.3) is 0 Å². The minimum Gasteiger partial charge on any atom is -0.445 e. The summed E-state index contributed by atoms with van der Waals surface area (Å²) in [7, 11) is -3.88. The highest BCUT2D eigenvalue weighted by atomic mass is 32.2. The van der Waals surface area contributed by atoms with Gasteiger partial charge in [-0.05, 0) is 51.5 Å². The van der Waals surface area contributed by atoms with E-state index >= 15 is 0 Å². The molecule has 8 heteroatoms. The molecule has 7 nitrogen and oxygen atoms in total. The Morgan fingerprint density at radius 2 is 1.69 bits per heavy atom. The fraction of sp³-hybridized carbons (Fsp3) is 0.333. The smallest absolute Gasteiger partial charge is 0.339 e. The molecule has 3 rings (SSSR count). The zero-order valence-corrected chi connectivity index (χ0v) is 17.6. The molecule has 0 saturated heterocycles. The molecular weight excluding hydrogens is 392 g/mol. The molecule has 2 N–H and O–H groups in total. The predicted octanol–water partition coefficient (Wildman–Crippen LogP) is 2.87. The number of hydrogen-bond donors (Lipinski definition) is 2. The molecule has 1 aliphatic rings. The number of anilines is 1. The van der Waals surface area contributed by atoms with Gasteiger partial charge in [-0.25, -0.2) is 17.9 Å². The lowest BCUT2D eigenvalue weighted by molar-refractivity contribution is -0.134. The van der Waals surface area contributed by atoms with Crippen LogP contribution < -0.4 is 10.0 Å². The fourth-order valence-electron chi connectivity index (χ4n) is 3.18. The summed E-state index contributed by atoms with van der Waals surface area (Å²) < 4.78 is 33.5. The molecule has 1 heterocycles. The number of carbonyl (C=O) groups excluding carboxylic acids is 2. The van der Waals surface area contributed by atoms with Crippen LogP contribution in [0.15, 0.2) is 53.4 Å². The number of carbonyl (C=O) groups is 2. The first-order valence-corrected chi connectivity index (χ1v) is 10.7. The number of hydrogen-bond acceptors (Lipinski definition) is 5. The van der Waals surface area contributed by atoms with E-state index in [4.69, 9.17) is 4.74 Å². The third-order valence-electron chi connectivity index (χ3n) is 4.43. The highest BCUT2D eigenvalue weighted by Gasteiger charge is 2.43. The monoisotopic (exact) mass is 416 g/mol. The predicted molar refractivity (Wildman–Crippen MR) is 109 cm³/mol. The molecule has 1 amide bonds. The molecule has 2 aromatic carbocycles. The minimum absolute atomic E-state index is 0.0607. The van der Waals surface area contributed by atoms with E-state index in [9.17, 15) is 18.0 Å². The number of rotatable bonds is 4. The number of esters is 1. The molecule has 2 aromatic rings. The van der Waals surface area contributed by atoms with Gasteiger partial charge in [0.25, 0.3) is 5.91 Å². The molecule has 0 spiro atoms. The van der Waals surface area contributed by atoms with Gasteiger partial charge >= 0.3 is 5.97 Å². The van der Waals surface area contributed by atoms with Gasteiger partial charge in [-0.2, -0.15) is 0 Å². The van der Waals surface area contributed by atoms with Crippen molar-refractivity contribution in [1.29, 1.82) is 0 Å². The average Bonchev–Trinajstić information content (AvgIpc) is 2.60. The molecule has 0 saturated carbocycles. The van der Waals surface area contributed by atoms with Crippen molar-refractivity contribution in [3.8, 4) is 0 Å². The molecule has 154 valence electrons. The van der Waals surface area contributed by atoms with Crippen LogP contribution >= 0.6 is 0 Å². The summed E-state index contributed by atoms with van der Waals surface area (Å²) in [6.07, 6.45) is 0.190. The van der Waals surface area contributed by atoms with Gasteiger partial charge in [0, 0.05) is 12.0 Å². The van der Waals surface area contributed by atoms with Gasteiger partial charge in [-0.1, -0.05) is 30.3 Å². The van der Waals surface area contributed by atoms with Gasteiger partial charge in [0.1, 0.15) is 4.90 Å². The summed E-state index contributed by atoms with van der Waals surface area (Å²) in [5.74, 6) is -1.18. The van der Waals surface area contributed by atoms with Crippen LogP contribution in [0.2, 0.25) is 0 Å². The lowest BCUT2D eigenvalue weighted by atomic mass is 9.89. The second-order valence-corrected chi connectivity index (χ2v) is 9.91. The van der Waals surface area contributed by atoms with Crippen LogP contribution in [0.5, 0.6) is 0 Å². The van der Waals surface area contributed by atoms with Crippen molar-refractivity contribution in [2.45, 2.75) is 50.2 Å². The molecular formula is C21H24N2O5S. The van der Waals surface area contributed by atoms with Gasteiger partial charge < -0.3 is 10.1 Å². The summed E-state index contributed by atoms with van der Waals surface area (Å²) in [6.45, 7) is 6.70.